The van der Waals surface area contributed by atoms with Gasteiger partial charge in [-0.2, -0.15) is 0 Å². The fourth-order valence-electron chi connectivity index (χ4n) is 2.78. The quantitative estimate of drug-likeness (QED) is 0.244. The highest BCUT2D eigenvalue weighted by Gasteiger charge is 2.13. The van der Waals surface area contributed by atoms with Crippen LogP contribution in [0.25, 0.3) is 6.08 Å². The van der Waals surface area contributed by atoms with Crippen LogP contribution in [0.3, 0.4) is 0 Å². The minimum atomic E-state index is -0.806. The van der Waals surface area contributed by atoms with Crippen LogP contribution >= 0.6 is 0 Å². The summed E-state index contributed by atoms with van der Waals surface area (Å²) in [5.74, 6) is 1.64. The molecule has 0 aliphatic carbocycles. The summed E-state index contributed by atoms with van der Waals surface area (Å²) in [4.78, 5) is 12.6. The lowest BCUT2D eigenvalue weighted by molar-refractivity contribution is -0.219. The maximum Gasteiger partial charge on any atom is 0.315 e. The maximum atomic E-state index is 12.6. The van der Waals surface area contributed by atoms with Crippen LogP contribution in [0.2, 0.25) is 0 Å². The second kappa shape index (κ2) is 11.0. The Kier molecular flexibility index (Phi) is 8.45. The van der Waals surface area contributed by atoms with Crippen LogP contribution in [0.15, 0.2) is 55.1 Å². The molecule has 0 heterocycles. The van der Waals surface area contributed by atoms with Gasteiger partial charge in [-0.1, -0.05) is 12.1 Å². The molecular weight excluding hydrogens is 372 g/mol. The Bertz CT molecular complexity index is 850. The number of benzene rings is 2. The summed E-state index contributed by atoms with van der Waals surface area (Å²) in [7, 11) is 6.12. The number of carbonyl (C=O) groups excluding carboxylic acids is 1. The Balaban J connectivity index is 2.24. The van der Waals surface area contributed by atoms with Gasteiger partial charge in [0.2, 0.25) is 0 Å². The summed E-state index contributed by atoms with van der Waals surface area (Å²) in [6, 6.07) is 10.5. The molecule has 0 bridgehead atoms. The fraction of sp³-hybridized carbons (Fsp3) is 0.261. The van der Waals surface area contributed by atoms with Gasteiger partial charge < -0.3 is 23.7 Å². The first kappa shape index (κ1) is 22.2. The van der Waals surface area contributed by atoms with E-state index < -0.39 is 6.48 Å². The number of carbonyl (C=O) groups is 1. The Morgan fingerprint density at radius 2 is 1.69 bits per heavy atom. The van der Waals surface area contributed by atoms with E-state index in [9.17, 15) is 4.79 Å². The van der Waals surface area contributed by atoms with Crippen LogP contribution in [0.4, 0.5) is 0 Å². The summed E-state index contributed by atoms with van der Waals surface area (Å²) < 4.78 is 26.4. The van der Waals surface area contributed by atoms with Gasteiger partial charge in [-0.25, -0.2) is 0 Å². The van der Waals surface area contributed by atoms with Crippen molar-refractivity contribution in [2.45, 2.75) is 12.9 Å². The summed E-state index contributed by atoms with van der Waals surface area (Å²) in [6.45, 7) is 2.96. The molecule has 0 saturated heterocycles. The molecule has 29 heavy (non-hydrogen) atoms. The van der Waals surface area contributed by atoms with E-state index in [0.717, 1.165) is 5.56 Å². The van der Waals surface area contributed by atoms with E-state index in [2.05, 4.69) is 6.58 Å². The summed E-state index contributed by atoms with van der Waals surface area (Å²) >= 11 is 0. The lowest BCUT2D eigenvalue weighted by Gasteiger charge is -2.15. The molecule has 2 rings (SSSR count). The van der Waals surface area contributed by atoms with Crippen LogP contribution in [0.1, 0.15) is 21.5 Å². The number of methoxy groups -OCH3 is 4. The van der Waals surface area contributed by atoms with Gasteiger partial charge in [0.1, 0.15) is 17.2 Å². The highest BCUT2D eigenvalue weighted by Crippen LogP contribution is 2.34. The molecule has 2 aromatic carbocycles. The van der Waals surface area contributed by atoms with Crippen molar-refractivity contribution in [1.82, 2.24) is 0 Å². The molecule has 0 aromatic heterocycles. The molecule has 0 aliphatic rings. The summed E-state index contributed by atoms with van der Waals surface area (Å²) in [5, 5.41) is 0. The molecule has 0 saturated carbocycles. The van der Waals surface area contributed by atoms with Crippen LogP contribution in [-0.2, 0) is 15.9 Å². The number of ether oxygens (including phenoxy) is 5. The molecule has 0 aliphatic heterocycles. The zero-order valence-electron chi connectivity index (χ0n) is 17.1. The third-order valence-corrected chi connectivity index (χ3v) is 4.18. The van der Waals surface area contributed by atoms with E-state index in [1.54, 1.807) is 50.6 Å². The van der Waals surface area contributed by atoms with Crippen molar-refractivity contribution < 1.29 is 28.5 Å². The molecule has 0 atom stereocenters. The standard InChI is InChI=1S/C23H26O6/c1-6-7-17-10-15-21(25-2)19(22(17)26-3)13-14-20(24)16-8-11-18(12-9-16)29-23(27-4)28-5/h6,8-15,23H,1,7H2,2-5H3. The van der Waals surface area contributed by atoms with Crippen molar-refractivity contribution >= 4 is 11.9 Å². The van der Waals surface area contributed by atoms with Gasteiger partial charge in [-0.05, 0) is 54.5 Å². The van der Waals surface area contributed by atoms with Crippen LogP contribution < -0.4 is 14.2 Å². The molecule has 6 nitrogen and oxygen atoms in total. The average molecular weight is 398 g/mol. The first-order valence-electron chi connectivity index (χ1n) is 8.97. The normalized spacial score (nSPS) is 10.9. The number of hydrogen-bond acceptors (Lipinski definition) is 6. The monoisotopic (exact) mass is 398 g/mol. The molecule has 154 valence electrons. The molecule has 6 heteroatoms. The lowest BCUT2D eigenvalue weighted by atomic mass is 10.0. The second-order valence-corrected chi connectivity index (χ2v) is 5.97. The molecule has 0 N–H and O–H groups in total. The smallest absolute Gasteiger partial charge is 0.315 e. The van der Waals surface area contributed by atoms with Crippen LogP contribution in [-0.4, -0.2) is 40.7 Å². The molecular formula is C23H26O6. The van der Waals surface area contributed by atoms with Crippen molar-refractivity contribution in [3.63, 3.8) is 0 Å². The third kappa shape index (κ3) is 5.70. The number of ketones is 1. The Morgan fingerprint density at radius 1 is 1.00 bits per heavy atom. The first-order chi connectivity index (χ1) is 14.1. The van der Waals surface area contributed by atoms with Gasteiger partial charge in [0.25, 0.3) is 0 Å². The van der Waals surface area contributed by atoms with Gasteiger partial charge >= 0.3 is 6.48 Å². The van der Waals surface area contributed by atoms with Crippen molar-refractivity contribution in [1.29, 1.82) is 0 Å². The van der Waals surface area contributed by atoms with Crippen molar-refractivity contribution in [2.75, 3.05) is 28.4 Å². The van der Waals surface area contributed by atoms with Gasteiger partial charge in [0.05, 0.1) is 19.8 Å². The van der Waals surface area contributed by atoms with E-state index in [-0.39, 0.29) is 5.78 Å². The average Bonchev–Trinajstić information content (AvgIpc) is 2.76. The Hall–Kier alpha value is -3.09. The van der Waals surface area contributed by atoms with E-state index in [0.29, 0.717) is 34.8 Å². The van der Waals surface area contributed by atoms with E-state index in [1.165, 1.54) is 20.3 Å². The van der Waals surface area contributed by atoms with Gasteiger partial charge in [-0.15, -0.1) is 6.58 Å². The van der Waals surface area contributed by atoms with Crippen molar-refractivity contribution in [2.24, 2.45) is 0 Å². The van der Waals surface area contributed by atoms with E-state index in [4.69, 9.17) is 23.7 Å². The van der Waals surface area contributed by atoms with Crippen molar-refractivity contribution in [3.8, 4) is 17.2 Å². The van der Waals surface area contributed by atoms with Crippen LogP contribution in [0, 0.1) is 0 Å². The summed E-state index contributed by atoms with van der Waals surface area (Å²) in [5.41, 5.74) is 2.17. The van der Waals surface area contributed by atoms with Gasteiger partial charge in [0, 0.05) is 19.8 Å². The third-order valence-electron chi connectivity index (χ3n) is 4.18. The summed E-state index contributed by atoms with van der Waals surface area (Å²) in [6.07, 6.45) is 5.63. The molecule has 0 spiro atoms. The molecule has 0 unspecified atom stereocenters. The van der Waals surface area contributed by atoms with Gasteiger partial charge in [-0.3, -0.25) is 4.79 Å². The second-order valence-electron chi connectivity index (χ2n) is 5.97. The predicted molar refractivity (Wildman–Crippen MR) is 112 cm³/mol. The Labute approximate surface area is 171 Å². The highest BCUT2D eigenvalue weighted by atomic mass is 16.8. The minimum Gasteiger partial charge on any atom is -0.496 e. The number of hydrogen-bond donors (Lipinski definition) is 0. The SMILES string of the molecule is C=CCc1ccc(OC)c(C=CC(=O)c2ccc(OC(OC)OC)cc2)c1OC. The largest absolute Gasteiger partial charge is 0.496 e. The topological polar surface area (TPSA) is 63.2 Å². The lowest BCUT2D eigenvalue weighted by Crippen LogP contribution is -2.20. The first-order valence-corrected chi connectivity index (χ1v) is 8.97. The maximum absolute atomic E-state index is 12.6. The number of allylic oxidation sites excluding steroid dienone is 2. The molecule has 0 fully saturated rings. The van der Waals surface area contributed by atoms with E-state index >= 15 is 0 Å². The molecule has 2 aromatic rings. The van der Waals surface area contributed by atoms with Crippen LogP contribution in [0.5, 0.6) is 17.2 Å². The van der Waals surface area contributed by atoms with Gasteiger partial charge in [0.15, 0.2) is 5.78 Å². The molecule has 0 radical (unpaired) electrons. The zero-order chi connectivity index (χ0) is 21.2. The molecule has 0 amide bonds. The fourth-order valence-corrected chi connectivity index (χ4v) is 2.78. The number of rotatable bonds is 11. The Morgan fingerprint density at radius 3 is 2.24 bits per heavy atom. The minimum absolute atomic E-state index is 0.162. The highest BCUT2D eigenvalue weighted by molar-refractivity contribution is 6.07. The zero-order valence-corrected chi connectivity index (χ0v) is 17.1. The van der Waals surface area contributed by atoms with E-state index in [1.807, 2.05) is 12.1 Å². The predicted octanol–water partition coefficient (Wildman–Crippen LogP) is 4.28. The van der Waals surface area contributed by atoms with Crippen molar-refractivity contribution in [3.05, 3.63) is 71.8 Å².